The summed E-state index contributed by atoms with van der Waals surface area (Å²) in [5, 5.41) is 9.70. The Morgan fingerprint density at radius 3 is 2.29 bits per heavy atom. The van der Waals surface area contributed by atoms with Gasteiger partial charge in [0.15, 0.2) is 0 Å². The quantitative estimate of drug-likeness (QED) is 0.507. The van der Waals surface area contributed by atoms with Crippen molar-refractivity contribution in [3.63, 3.8) is 0 Å². The molecule has 0 spiro atoms. The van der Waals surface area contributed by atoms with E-state index in [1.807, 2.05) is 0 Å². The van der Waals surface area contributed by atoms with Gasteiger partial charge >= 0.3 is 6.18 Å². The third-order valence-corrected chi connectivity index (χ3v) is 4.70. The average Bonchev–Trinajstić information content (AvgIpc) is 2.62. The zero-order valence-corrected chi connectivity index (χ0v) is 15.2. The molecule has 28 heavy (non-hydrogen) atoms. The SMILES string of the molecule is N#Cc1c(-c2cc(C(F)(F)F)ccc2F)cc(-c2ccc(Cl)c(Cl)c2)[nH]c1=O. The lowest BCUT2D eigenvalue weighted by Crippen LogP contribution is -2.13. The number of H-pyrrole nitrogens is 1. The molecule has 0 fully saturated rings. The van der Waals surface area contributed by atoms with Crippen LogP contribution in [0.15, 0.2) is 47.3 Å². The van der Waals surface area contributed by atoms with Crippen LogP contribution in [0, 0.1) is 17.1 Å². The Morgan fingerprint density at radius 2 is 1.68 bits per heavy atom. The van der Waals surface area contributed by atoms with E-state index in [1.165, 1.54) is 24.3 Å². The molecule has 0 saturated heterocycles. The van der Waals surface area contributed by atoms with E-state index in [4.69, 9.17) is 23.2 Å². The highest BCUT2D eigenvalue weighted by Crippen LogP contribution is 2.35. The lowest BCUT2D eigenvalue weighted by Gasteiger charge is -2.12. The van der Waals surface area contributed by atoms with Gasteiger partial charge in [-0.15, -0.1) is 0 Å². The van der Waals surface area contributed by atoms with E-state index in [-0.39, 0.29) is 21.3 Å². The number of benzene rings is 2. The van der Waals surface area contributed by atoms with Crippen molar-refractivity contribution in [2.45, 2.75) is 6.18 Å². The summed E-state index contributed by atoms with van der Waals surface area (Å²) in [5.74, 6) is -1.00. The molecule has 1 N–H and O–H groups in total. The molecule has 3 nitrogen and oxygen atoms in total. The van der Waals surface area contributed by atoms with E-state index >= 15 is 0 Å². The molecule has 0 aliphatic carbocycles. The number of nitrogens with one attached hydrogen (secondary N) is 1. The van der Waals surface area contributed by atoms with Gasteiger partial charge in [-0.1, -0.05) is 29.3 Å². The fraction of sp³-hybridized carbons (Fsp3) is 0.0526. The first-order valence-corrected chi connectivity index (χ1v) is 8.37. The van der Waals surface area contributed by atoms with Crippen LogP contribution < -0.4 is 5.56 Å². The molecule has 0 atom stereocenters. The summed E-state index contributed by atoms with van der Waals surface area (Å²) in [5.41, 5.74) is -2.77. The fourth-order valence-corrected chi connectivity index (χ4v) is 2.91. The summed E-state index contributed by atoms with van der Waals surface area (Å²) < 4.78 is 53.4. The van der Waals surface area contributed by atoms with Gasteiger partial charge < -0.3 is 4.98 Å². The normalized spacial score (nSPS) is 11.3. The number of rotatable bonds is 2. The van der Waals surface area contributed by atoms with Crippen LogP contribution in [-0.4, -0.2) is 4.98 Å². The van der Waals surface area contributed by atoms with Crippen molar-refractivity contribution >= 4 is 23.2 Å². The second-order valence-electron chi connectivity index (χ2n) is 5.73. The van der Waals surface area contributed by atoms with Gasteiger partial charge in [0, 0.05) is 16.8 Å². The fourth-order valence-electron chi connectivity index (χ4n) is 2.61. The molecule has 2 aromatic carbocycles. The number of nitriles is 1. The molecule has 0 radical (unpaired) electrons. The van der Waals surface area contributed by atoms with Crippen LogP contribution in [0.5, 0.6) is 0 Å². The lowest BCUT2D eigenvalue weighted by atomic mass is 9.97. The molecule has 142 valence electrons. The van der Waals surface area contributed by atoms with Crippen molar-refractivity contribution in [2.24, 2.45) is 0 Å². The van der Waals surface area contributed by atoms with Gasteiger partial charge in [-0.05, 0) is 42.0 Å². The van der Waals surface area contributed by atoms with Crippen molar-refractivity contribution in [3.8, 4) is 28.5 Å². The second-order valence-corrected chi connectivity index (χ2v) is 6.55. The molecule has 3 rings (SSSR count). The van der Waals surface area contributed by atoms with Gasteiger partial charge in [0.25, 0.3) is 5.56 Å². The molecule has 0 saturated carbocycles. The molecule has 0 aliphatic heterocycles. The Balaban J connectivity index is 2.30. The van der Waals surface area contributed by atoms with Crippen molar-refractivity contribution in [3.05, 3.63) is 79.8 Å². The summed E-state index contributed by atoms with van der Waals surface area (Å²) in [7, 11) is 0. The molecule has 3 aromatic rings. The summed E-state index contributed by atoms with van der Waals surface area (Å²) >= 11 is 11.8. The highest BCUT2D eigenvalue weighted by Gasteiger charge is 2.31. The van der Waals surface area contributed by atoms with Gasteiger partial charge in [0.1, 0.15) is 17.4 Å². The topological polar surface area (TPSA) is 56.6 Å². The number of halogens is 6. The van der Waals surface area contributed by atoms with Gasteiger partial charge in [0.2, 0.25) is 0 Å². The van der Waals surface area contributed by atoms with Crippen LogP contribution >= 0.6 is 23.2 Å². The molecular formula is C19H8Cl2F4N2O. The number of nitrogens with zero attached hydrogens (tertiary/aromatic N) is 1. The van der Waals surface area contributed by atoms with E-state index in [9.17, 15) is 27.6 Å². The lowest BCUT2D eigenvalue weighted by molar-refractivity contribution is -0.137. The van der Waals surface area contributed by atoms with Crippen molar-refractivity contribution in [1.29, 1.82) is 5.26 Å². The molecule has 0 bridgehead atoms. The highest BCUT2D eigenvalue weighted by molar-refractivity contribution is 6.42. The van der Waals surface area contributed by atoms with Gasteiger partial charge in [-0.2, -0.15) is 18.4 Å². The molecule has 1 aromatic heterocycles. The zero-order valence-electron chi connectivity index (χ0n) is 13.7. The van der Waals surface area contributed by atoms with Crippen LogP contribution in [0.2, 0.25) is 10.0 Å². The molecule has 0 aliphatic rings. The summed E-state index contributed by atoms with van der Waals surface area (Å²) in [6.07, 6.45) is -4.72. The maximum atomic E-state index is 14.3. The standard InChI is InChI=1S/C19H8Cl2F4N2O/c20-14-3-1-9(5-15(14)21)17-7-11(13(8-26)18(28)27-17)12-6-10(19(23,24)25)2-4-16(12)22/h1-7H,(H,27,28). The van der Waals surface area contributed by atoms with Crippen LogP contribution in [0.3, 0.4) is 0 Å². The first kappa shape index (κ1) is 19.9. The largest absolute Gasteiger partial charge is 0.416 e. The predicted molar refractivity (Wildman–Crippen MR) is 97.6 cm³/mol. The second kappa shape index (κ2) is 7.30. The molecule has 0 amide bonds. The minimum absolute atomic E-state index is 0.134. The minimum Gasteiger partial charge on any atom is -0.321 e. The zero-order chi connectivity index (χ0) is 20.6. The third kappa shape index (κ3) is 3.75. The van der Waals surface area contributed by atoms with Gasteiger partial charge in [0.05, 0.1) is 15.6 Å². The monoisotopic (exact) mass is 426 g/mol. The molecule has 1 heterocycles. The summed E-state index contributed by atoms with van der Waals surface area (Å²) in [4.78, 5) is 14.7. The number of pyridine rings is 1. The molecular weight excluding hydrogens is 419 g/mol. The Hall–Kier alpha value is -2.82. The average molecular weight is 427 g/mol. The van der Waals surface area contributed by atoms with Crippen molar-refractivity contribution in [2.75, 3.05) is 0 Å². The van der Waals surface area contributed by atoms with Crippen molar-refractivity contribution in [1.82, 2.24) is 4.98 Å². The third-order valence-electron chi connectivity index (χ3n) is 3.96. The van der Waals surface area contributed by atoms with E-state index in [0.29, 0.717) is 23.8 Å². The van der Waals surface area contributed by atoms with Gasteiger partial charge in [-0.3, -0.25) is 4.79 Å². The number of aromatic amines is 1. The Morgan fingerprint density at radius 1 is 0.964 bits per heavy atom. The smallest absolute Gasteiger partial charge is 0.321 e. The summed E-state index contributed by atoms with van der Waals surface area (Å²) in [6.45, 7) is 0. The Labute approximate surface area is 165 Å². The maximum Gasteiger partial charge on any atom is 0.416 e. The highest BCUT2D eigenvalue weighted by atomic mass is 35.5. The van der Waals surface area contributed by atoms with E-state index in [0.717, 1.165) is 0 Å². The van der Waals surface area contributed by atoms with E-state index in [2.05, 4.69) is 4.98 Å². The van der Waals surface area contributed by atoms with Crippen LogP contribution in [0.4, 0.5) is 17.6 Å². The molecule has 9 heteroatoms. The summed E-state index contributed by atoms with van der Waals surface area (Å²) in [6, 6.07) is 9.00. The van der Waals surface area contributed by atoms with Crippen LogP contribution in [0.25, 0.3) is 22.4 Å². The van der Waals surface area contributed by atoms with E-state index < -0.39 is 34.2 Å². The number of hydrogen-bond acceptors (Lipinski definition) is 2. The minimum atomic E-state index is -4.72. The predicted octanol–water partition coefficient (Wildman–Crippen LogP) is 6.05. The number of aromatic nitrogens is 1. The van der Waals surface area contributed by atoms with Crippen LogP contribution in [0.1, 0.15) is 11.1 Å². The van der Waals surface area contributed by atoms with Gasteiger partial charge in [-0.25, -0.2) is 4.39 Å². The maximum absolute atomic E-state index is 14.3. The first-order chi connectivity index (χ1) is 13.1. The number of hydrogen-bond donors (Lipinski definition) is 1. The Kier molecular flexibility index (Phi) is 5.20. The molecule has 0 unspecified atom stereocenters. The Bertz CT molecular complexity index is 1180. The van der Waals surface area contributed by atoms with E-state index in [1.54, 1.807) is 6.07 Å². The first-order valence-electron chi connectivity index (χ1n) is 7.62. The number of alkyl halides is 3. The van der Waals surface area contributed by atoms with Crippen LogP contribution in [-0.2, 0) is 6.18 Å². The van der Waals surface area contributed by atoms with Crippen molar-refractivity contribution < 1.29 is 17.6 Å².